The molecule has 0 N–H and O–H groups in total. The fraction of sp³-hybridized carbons (Fsp3) is 0.250. The normalized spacial score (nSPS) is 12.5. The van der Waals surface area contributed by atoms with Gasteiger partial charge in [0.05, 0.1) is 4.83 Å². The molecule has 0 bridgehead atoms. The average Bonchev–Trinajstić information content (AvgIpc) is 2.35. The smallest absolute Gasteiger partial charge is 0.0647 e. The zero-order valence-corrected chi connectivity index (χ0v) is 14.0. The Morgan fingerprint density at radius 3 is 2.17 bits per heavy atom. The highest BCUT2D eigenvalue weighted by molar-refractivity contribution is 9.10. The number of halogens is 2. The second-order valence-electron chi connectivity index (χ2n) is 4.71. The molecule has 1 unspecified atom stereocenters. The Hall–Kier alpha value is -0.600. The van der Waals surface area contributed by atoms with E-state index in [1.165, 1.54) is 27.8 Å². The van der Waals surface area contributed by atoms with E-state index in [1.54, 1.807) is 0 Å². The molecule has 0 heterocycles. The Morgan fingerprint density at radius 1 is 0.833 bits per heavy atom. The van der Waals surface area contributed by atoms with Crippen LogP contribution in [0, 0.1) is 20.8 Å². The van der Waals surface area contributed by atoms with Crippen LogP contribution in [-0.2, 0) is 0 Å². The van der Waals surface area contributed by atoms with E-state index in [0.717, 1.165) is 4.47 Å². The number of hydrogen-bond donors (Lipinski definition) is 0. The van der Waals surface area contributed by atoms with Crippen LogP contribution in [0.4, 0.5) is 0 Å². The number of aryl methyl sites for hydroxylation is 3. The van der Waals surface area contributed by atoms with Gasteiger partial charge in [-0.05, 0) is 60.7 Å². The third-order valence-corrected chi connectivity index (χ3v) is 4.85. The number of hydrogen-bond acceptors (Lipinski definition) is 0. The molecule has 18 heavy (non-hydrogen) atoms. The van der Waals surface area contributed by atoms with Gasteiger partial charge in [-0.1, -0.05) is 56.1 Å². The molecular weight excluding hydrogens is 352 g/mol. The number of alkyl halides is 1. The molecule has 0 aromatic heterocycles. The summed E-state index contributed by atoms with van der Waals surface area (Å²) >= 11 is 7.36. The standard InChI is InChI=1S/C16H16Br2/c1-10-4-6-13(8-12(10)3)16(18)15-9-14(17)7-5-11(15)2/h4-9,16H,1-3H3. The van der Waals surface area contributed by atoms with Gasteiger partial charge in [-0.15, -0.1) is 0 Å². The number of rotatable bonds is 2. The van der Waals surface area contributed by atoms with Crippen molar-refractivity contribution >= 4 is 31.9 Å². The summed E-state index contributed by atoms with van der Waals surface area (Å²) in [5.74, 6) is 0. The van der Waals surface area contributed by atoms with Crippen molar-refractivity contribution < 1.29 is 0 Å². The molecule has 0 aliphatic heterocycles. The van der Waals surface area contributed by atoms with Crippen LogP contribution >= 0.6 is 31.9 Å². The zero-order valence-electron chi connectivity index (χ0n) is 10.8. The summed E-state index contributed by atoms with van der Waals surface area (Å²) in [6, 6.07) is 13.1. The Kier molecular flexibility index (Phi) is 4.29. The van der Waals surface area contributed by atoms with Gasteiger partial charge >= 0.3 is 0 Å². The van der Waals surface area contributed by atoms with E-state index >= 15 is 0 Å². The first-order chi connectivity index (χ1) is 8.49. The van der Waals surface area contributed by atoms with E-state index in [-0.39, 0.29) is 4.83 Å². The lowest BCUT2D eigenvalue weighted by Gasteiger charge is -2.15. The van der Waals surface area contributed by atoms with E-state index in [2.05, 4.69) is 89.0 Å². The predicted molar refractivity (Wildman–Crippen MR) is 85.6 cm³/mol. The van der Waals surface area contributed by atoms with Crippen LogP contribution in [0.5, 0.6) is 0 Å². The fourth-order valence-electron chi connectivity index (χ4n) is 1.99. The molecule has 0 aliphatic rings. The predicted octanol–water partition coefficient (Wildman–Crippen LogP) is 5.86. The average molecular weight is 368 g/mol. The van der Waals surface area contributed by atoms with Crippen molar-refractivity contribution in [2.45, 2.75) is 25.6 Å². The minimum atomic E-state index is 0.245. The molecule has 2 aromatic rings. The molecule has 2 rings (SSSR count). The second kappa shape index (κ2) is 5.58. The molecule has 0 spiro atoms. The molecular formula is C16H16Br2. The minimum Gasteiger partial charge on any atom is -0.0786 e. The quantitative estimate of drug-likeness (QED) is 0.583. The van der Waals surface area contributed by atoms with Crippen LogP contribution < -0.4 is 0 Å². The Morgan fingerprint density at radius 2 is 1.50 bits per heavy atom. The molecule has 0 aliphatic carbocycles. The third kappa shape index (κ3) is 2.86. The molecule has 2 heteroatoms. The maximum Gasteiger partial charge on any atom is 0.0647 e. The van der Waals surface area contributed by atoms with E-state index in [1.807, 2.05) is 0 Å². The Balaban J connectivity index is 2.44. The first-order valence-corrected chi connectivity index (χ1v) is 7.67. The largest absolute Gasteiger partial charge is 0.0786 e. The third-order valence-electron chi connectivity index (χ3n) is 3.34. The molecule has 0 fully saturated rings. The van der Waals surface area contributed by atoms with Gasteiger partial charge in [-0.25, -0.2) is 0 Å². The summed E-state index contributed by atoms with van der Waals surface area (Å²) in [5, 5.41) is 0. The SMILES string of the molecule is Cc1ccc(C(Br)c2cc(Br)ccc2C)cc1C. The maximum atomic E-state index is 3.82. The van der Waals surface area contributed by atoms with E-state index in [9.17, 15) is 0 Å². The van der Waals surface area contributed by atoms with Gasteiger partial charge in [0, 0.05) is 4.47 Å². The van der Waals surface area contributed by atoms with Gasteiger partial charge in [0.15, 0.2) is 0 Å². The van der Waals surface area contributed by atoms with Crippen LogP contribution in [0.1, 0.15) is 32.6 Å². The van der Waals surface area contributed by atoms with Gasteiger partial charge in [0.25, 0.3) is 0 Å². The zero-order chi connectivity index (χ0) is 13.3. The van der Waals surface area contributed by atoms with E-state index < -0.39 is 0 Å². The summed E-state index contributed by atoms with van der Waals surface area (Å²) in [4.78, 5) is 0.245. The van der Waals surface area contributed by atoms with Crippen molar-refractivity contribution in [3.05, 3.63) is 68.7 Å². The van der Waals surface area contributed by atoms with Crippen LogP contribution in [-0.4, -0.2) is 0 Å². The van der Waals surface area contributed by atoms with E-state index in [4.69, 9.17) is 0 Å². The topological polar surface area (TPSA) is 0 Å². The minimum absolute atomic E-state index is 0.245. The van der Waals surface area contributed by atoms with Crippen molar-refractivity contribution in [3.8, 4) is 0 Å². The highest BCUT2D eigenvalue weighted by Gasteiger charge is 2.13. The highest BCUT2D eigenvalue weighted by Crippen LogP contribution is 2.34. The Bertz CT molecular complexity index is 573. The van der Waals surface area contributed by atoms with Gasteiger partial charge < -0.3 is 0 Å². The van der Waals surface area contributed by atoms with Crippen molar-refractivity contribution in [2.75, 3.05) is 0 Å². The monoisotopic (exact) mass is 366 g/mol. The molecule has 1 atom stereocenters. The Labute approximate surface area is 126 Å². The lowest BCUT2D eigenvalue weighted by Crippen LogP contribution is -1.97. The summed E-state index contributed by atoms with van der Waals surface area (Å²) < 4.78 is 1.12. The first kappa shape index (κ1) is 13.8. The lowest BCUT2D eigenvalue weighted by molar-refractivity contribution is 1.12. The molecule has 94 valence electrons. The molecule has 2 aromatic carbocycles. The summed E-state index contributed by atoms with van der Waals surface area (Å²) in [6.45, 7) is 6.45. The van der Waals surface area contributed by atoms with Gasteiger partial charge in [-0.3, -0.25) is 0 Å². The van der Waals surface area contributed by atoms with Crippen molar-refractivity contribution in [2.24, 2.45) is 0 Å². The van der Waals surface area contributed by atoms with Crippen molar-refractivity contribution in [3.63, 3.8) is 0 Å². The highest BCUT2D eigenvalue weighted by atomic mass is 79.9. The van der Waals surface area contributed by atoms with Crippen LogP contribution in [0.25, 0.3) is 0 Å². The second-order valence-corrected chi connectivity index (χ2v) is 6.54. The van der Waals surface area contributed by atoms with Crippen molar-refractivity contribution in [1.82, 2.24) is 0 Å². The van der Waals surface area contributed by atoms with Crippen molar-refractivity contribution in [1.29, 1.82) is 0 Å². The summed E-state index contributed by atoms with van der Waals surface area (Å²) in [6.07, 6.45) is 0. The summed E-state index contributed by atoms with van der Waals surface area (Å²) in [7, 11) is 0. The molecule has 0 saturated heterocycles. The molecule has 0 saturated carbocycles. The van der Waals surface area contributed by atoms with Crippen LogP contribution in [0.2, 0.25) is 0 Å². The van der Waals surface area contributed by atoms with Gasteiger partial charge in [0.1, 0.15) is 0 Å². The van der Waals surface area contributed by atoms with Gasteiger partial charge in [0.2, 0.25) is 0 Å². The molecule has 0 nitrogen and oxygen atoms in total. The van der Waals surface area contributed by atoms with Crippen LogP contribution in [0.15, 0.2) is 40.9 Å². The maximum absolute atomic E-state index is 3.82. The first-order valence-electron chi connectivity index (χ1n) is 5.96. The van der Waals surface area contributed by atoms with Gasteiger partial charge in [-0.2, -0.15) is 0 Å². The molecule has 0 radical (unpaired) electrons. The lowest BCUT2D eigenvalue weighted by atomic mass is 9.98. The number of benzene rings is 2. The fourth-order valence-corrected chi connectivity index (χ4v) is 3.14. The molecule has 0 amide bonds. The van der Waals surface area contributed by atoms with Crippen LogP contribution in [0.3, 0.4) is 0 Å². The van der Waals surface area contributed by atoms with E-state index in [0.29, 0.717) is 0 Å². The summed E-state index contributed by atoms with van der Waals surface area (Å²) in [5.41, 5.74) is 6.60.